The first-order valence-electron chi connectivity index (χ1n) is 9.53. The summed E-state index contributed by atoms with van der Waals surface area (Å²) in [5, 5.41) is 14.9. The summed E-state index contributed by atoms with van der Waals surface area (Å²) in [5.41, 5.74) is 3.64. The summed E-state index contributed by atoms with van der Waals surface area (Å²) in [5.74, 6) is -0.495. The molecular weight excluding hydrogens is 344 g/mol. The maximum absolute atomic E-state index is 11.7. The molecule has 1 aromatic heterocycles. The van der Waals surface area contributed by atoms with Crippen LogP contribution in [0.4, 0.5) is 0 Å². The summed E-state index contributed by atoms with van der Waals surface area (Å²) in [6.45, 7) is 1.73. The number of hydrogen-bond acceptors (Lipinski definition) is 5. The fourth-order valence-electron chi connectivity index (χ4n) is 5.36. The van der Waals surface area contributed by atoms with Crippen LogP contribution in [0.3, 0.4) is 0 Å². The van der Waals surface area contributed by atoms with E-state index in [9.17, 15) is 14.7 Å². The number of carbonyl (C=O) groups excluding carboxylic acids is 2. The number of nitrogens with one attached hydrogen (secondary N) is 2. The molecular formula is C20H24N4O3. The highest BCUT2D eigenvalue weighted by Gasteiger charge is 2.45. The van der Waals surface area contributed by atoms with E-state index in [1.54, 1.807) is 0 Å². The van der Waals surface area contributed by atoms with Crippen LogP contribution in [-0.4, -0.2) is 77.1 Å². The van der Waals surface area contributed by atoms with Gasteiger partial charge in [0.2, 0.25) is 11.8 Å². The molecule has 0 saturated carbocycles. The highest BCUT2D eigenvalue weighted by atomic mass is 16.3. The monoisotopic (exact) mass is 368 g/mol. The van der Waals surface area contributed by atoms with Crippen LogP contribution in [0.2, 0.25) is 0 Å². The molecule has 4 atom stereocenters. The Hall–Kier alpha value is -2.22. The van der Waals surface area contributed by atoms with Crippen LogP contribution >= 0.6 is 0 Å². The summed E-state index contributed by atoms with van der Waals surface area (Å²) in [4.78, 5) is 30.9. The second-order valence-corrected chi connectivity index (χ2v) is 8.21. The Kier molecular flexibility index (Phi) is 3.86. The van der Waals surface area contributed by atoms with E-state index in [0.717, 1.165) is 18.5 Å². The number of amides is 2. The van der Waals surface area contributed by atoms with E-state index in [1.165, 1.54) is 16.5 Å². The van der Waals surface area contributed by atoms with E-state index in [4.69, 9.17) is 0 Å². The standard InChI is InChI=1S/C20H24N4O3/c1-23-7-12(8-24-9-16(25)22-17(26)10-24)20(27)19-13-3-2-4-14-18(13)11(6-21-14)5-15(19)23/h2-4,6,12,15,19-21,27H,5,7-10H2,1H3,(H,22,25,26)/t12-,15-,19?,20-/m1/s1. The highest BCUT2D eigenvalue weighted by molar-refractivity contribution is 5.99. The lowest BCUT2D eigenvalue weighted by Gasteiger charge is -2.49. The molecule has 2 amide bonds. The lowest BCUT2D eigenvalue weighted by molar-refractivity contribution is -0.137. The number of hydrogen-bond donors (Lipinski definition) is 3. The SMILES string of the molecule is CN1C[C@H](CN2CC(=O)NC(=O)C2)[C@@H](O)C2c3cccc4[nH]cc(c34)C[C@H]21. The van der Waals surface area contributed by atoms with E-state index < -0.39 is 6.10 Å². The zero-order valence-electron chi connectivity index (χ0n) is 15.3. The molecule has 5 rings (SSSR count). The van der Waals surface area contributed by atoms with Crippen molar-refractivity contribution in [3.05, 3.63) is 35.5 Å². The van der Waals surface area contributed by atoms with Gasteiger partial charge in [-0.1, -0.05) is 12.1 Å². The Morgan fingerprint density at radius 2 is 2.00 bits per heavy atom. The molecule has 0 bridgehead atoms. The van der Waals surface area contributed by atoms with Crippen molar-refractivity contribution in [3.63, 3.8) is 0 Å². The summed E-state index contributed by atoms with van der Waals surface area (Å²) < 4.78 is 0. The Morgan fingerprint density at radius 3 is 2.78 bits per heavy atom. The number of imide groups is 1. The van der Waals surface area contributed by atoms with Gasteiger partial charge in [-0.15, -0.1) is 0 Å². The maximum atomic E-state index is 11.7. The molecule has 2 aliphatic heterocycles. The minimum absolute atomic E-state index is 0.00861. The molecule has 3 N–H and O–H groups in total. The number of piperazine rings is 1. The first-order valence-corrected chi connectivity index (χ1v) is 9.53. The van der Waals surface area contributed by atoms with Crippen LogP contribution in [0.25, 0.3) is 10.9 Å². The van der Waals surface area contributed by atoms with Crippen molar-refractivity contribution in [3.8, 4) is 0 Å². The van der Waals surface area contributed by atoms with E-state index in [0.29, 0.717) is 6.54 Å². The van der Waals surface area contributed by atoms with Crippen LogP contribution in [0.1, 0.15) is 17.0 Å². The number of aliphatic hydroxyl groups is 1. The van der Waals surface area contributed by atoms with Crippen molar-refractivity contribution >= 4 is 22.7 Å². The number of fused-ring (bicyclic) bond motifs is 2. The number of aliphatic hydroxyl groups excluding tert-OH is 1. The van der Waals surface area contributed by atoms with Crippen LogP contribution in [0.15, 0.2) is 24.4 Å². The van der Waals surface area contributed by atoms with Crippen molar-refractivity contribution < 1.29 is 14.7 Å². The zero-order chi connectivity index (χ0) is 18.7. The lowest BCUT2D eigenvalue weighted by Crippen LogP contribution is -2.59. The molecule has 142 valence electrons. The third-order valence-electron chi connectivity index (χ3n) is 6.47. The molecule has 1 unspecified atom stereocenters. The lowest BCUT2D eigenvalue weighted by atomic mass is 9.70. The number of piperidine rings is 1. The number of carbonyl (C=O) groups is 2. The molecule has 1 aliphatic carbocycles. The molecule has 2 aromatic rings. The van der Waals surface area contributed by atoms with Gasteiger partial charge in [-0.3, -0.25) is 19.8 Å². The summed E-state index contributed by atoms with van der Waals surface area (Å²) in [7, 11) is 2.11. The molecule has 2 fully saturated rings. The van der Waals surface area contributed by atoms with Crippen molar-refractivity contribution in [2.45, 2.75) is 24.5 Å². The normalized spacial score (nSPS) is 31.8. The number of aromatic amines is 1. The summed E-state index contributed by atoms with van der Waals surface area (Å²) >= 11 is 0. The number of likely N-dealkylation sites (tertiary alicyclic amines) is 1. The minimum Gasteiger partial charge on any atom is -0.392 e. The zero-order valence-corrected chi connectivity index (χ0v) is 15.3. The van der Waals surface area contributed by atoms with Crippen molar-refractivity contribution in [2.24, 2.45) is 5.92 Å². The minimum atomic E-state index is -0.500. The van der Waals surface area contributed by atoms with E-state index in [1.807, 2.05) is 11.0 Å². The van der Waals surface area contributed by atoms with E-state index in [-0.39, 0.29) is 42.8 Å². The molecule has 27 heavy (non-hydrogen) atoms. The van der Waals surface area contributed by atoms with Gasteiger partial charge >= 0.3 is 0 Å². The van der Waals surface area contributed by atoms with E-state index >= 15 is 0 Å². The van der Waals surface area contributed by atoms with Gasteiger partial charge in [-0.2, -0.15) is 0 Å². The smallest absolute Gasteiger partial charge is 0.240 e. The molecule has 3 aliphatic rings. The third-order valence-corrected chi connectivity index (χ3v) is 6.47. The predicted molar refractivity (Wildman–Crippen MR) is 100 cm³/mol. The first-order chi connectivity index (χ1) is 13.0. The predicted octanol–water partition coefficient (Wildman–Crippen LogP) is 0.0571. The molecule has 3 heterocycles. The summed E-state index contributed by atoms with van der Waals surface area (Å²) in [6, 6.07) is 6.52. The van der Waals surface area contributed by atoms with Gasteiger partial charge in [-0.05, 0) is 30.7 Å². The first kappa shape index (κ1) is 16.9. The Balaban J connectivity index is 1.46. The van der Waals surface area contributed by atoms with E-state index in [2.05, 4.69) is 40.6 Å². The van der Waals surface area contributed by atoms with Crippen LogP contribution in [0, 0.1) is 5.92 Å². The number of H-pyrrole nitrogens is 1. The number of aromatic nitrogens is 1. The number of rotatable bonds is 2. The van der Waals surface area contributed by atoms with Crippen molar-refractivity contribution in [1.82, 2.24) is 20.1 Å². The molecule has 7 nitrogen and oxygen atoms in total. The van der Waals surface area contributed by atoms with Gasteiger partial charge in [0.05, 0.1) is 19.2 Å². The number of nitrogens with zero attached hydrogens (tertiary/aromatic N) is 2. The molecule has 0 radical (unpaired) electrons. The Morgan fingerprint density at radius 1 is 1.22 bits per heavy atom. The quantitative estimate of drug-likeness (QED) is 0.653. The van der Waals surface area contributed by atoms with Crippen LogP contribution < -0.4 is 5.32 Å². The Bertz CT molecular complexity index is 907. The average molecular weight is 368 g/mol. The van der Waals surface area contributed by atoms with Crippen molar-refractivity contribution in [2.75, 3.05) is 33.2 Å². The van der Waals surface area contributed by atoms with Gasteiger partial charge in [0, 0.05) is 48.1 Å². The highest BCUT2D eigenvalue weighted by Crippen LogP contribution is 2.44. The third kappa shape index (κ3) is 2.69. The number of benzene rings is 1. The second kappa shape index (κ2) is 6.15. The summed E-state index contributed by atoms with van der Waals surface area (Å²) in [6.07, 6.45) is 2.52. The molecule has 2 saturated heterocycles. The maximum Gasteiger partial charge on any atom is 0.240 e. The second-order valence-electron chi connectivity index (χ2n) is 8.21. The van der Waals surface area contributed by atoms with Gasteiger partial charge in [-0.25, -0.2) is 0 Å². The van der Waals surface area contributed by atoms with Crippen LogP contribution in [0.5, 0.6) is 0 Å². The fraction of sp³-hybridized carbons (Fsp3) is 0.500. The fourth-order valence-corrected chi connectivity index (χ4v) is 5.36. The van der Waals surface area contributed by atoms with Gasteiger partial charge in [0.25, 0.3) is 0 Å². The van der Waals surface area contributed by atoms with Crippen LogP contribution in [-0.2, 0) is 16.0 Å². The molecule has 1 aromatic carbocycles. The number of likely N-dealkylation sites (N-methyl/N-ethyl adjacent to an activating group) is 1. The molecule has 0 spiro atoms. The van der Waals surface area contributed by atoms with Crippen molar-refractivity contribution in [1.29, 1.82) is 0 Å². The van der Waals surface area contributed by atoms with Gasteiger partial charge in [0.1, 0.15) is 0 Å². The molecule has 7 heteroatoms. The van der Waals surface area contributed by atoms with Gasteiger partial charge < -0.3 is 15.0 Å². The largest absolute Gasteiger partial charge is 0.392 e. The topological polar surface area (TPSA) is 88.7 Å². The average Bonchev–Trinajstić information content (AvgIpc) is 3.03. The van der Waals surface area contributed by atoms with Gasteiger partial charge in [0.15, 0.2) is 0 Å². The Labute approximate surface area is 157 Å².